The summed E-state index contributed by atoms with van der Waals surface area (Å²) in [4.78, 5) is 10.3. The summed E-state index contributed by atoms with van der Waals surface area (Å²) in [5, 5.41) is 0. The minimum absolute atomic E-state index is 0.822. The second-order valence-electron chi connectivity index (χ2n) is 6.31. The van der Waals surface area contributed by atoms with Gasteiger partial charge in [0.2, 0.25) is 0 Å². The van der Waals surface area contributed by atoms with E-state index < -0.39 is 0 Å². The molecule has 0 radical (unpaired) electrons. The van der Waals surface area contributed by atoms with Crippen LogP contribution in [0.15, 0.2) is 41.6 Å². The van der Waals surface area contributed by atoms with Crippen molar-refractivity contribution in [3.63, 3.8) is 0 Å². The van der Waals surface area contributed by atoms with Crippen LogP contribution in [0.5, 0.6) is 0 Å². The standard InChI is InChI=1S/C21H30N2S/c1-3-5-6-7-8-9-15-24-20-13-11-19(12-14-20)21-22-16-18(10-4-2)17-23-21/h11-14,16-17H,3-10,15H2,1-2H3. The van der Waals surface area contributed by atoms with Gasteiger partial charge in [0.05, 0.1) is 0 Å². The molecule has 3 heteroatoms. The molecule has 0 aliphatic rings. The average Bonchev–Trinajstić information content (AvgIpc) is 2.62. The molecule has 2 nitrogen and oxygen atoms in total. The lowest BCUT2D eigenvalue weighted by Gasteiger charge is -2.05. The Morgan fingerprint density at radius 1 is 0.792 bits per heavy atom. The van der Waals surface area contributed by atoms with Crippen LogP contribution < -0.4 is 0 Å². The predicted molar refractivity (Wildman–Crippen MR) is 106 cm³/mol. The van der Waals surface area contributed by atoms with Gasteiger partial charge in [0.15, 0.2) is 5.82 Å². The Bertz CT molecular complexity index is 563. The van der Waals surface area contributed by atoms with E-state index in [-0.39, 0.29) is 0 Å². The lowest BCUT2D eigenvalue weighted by atomic mass is 10.1. The van der Waals surface area contributed by atoms with Crippen molar-refractivity contribution in [1.29, 1.82) is 0 Å². The largest absolute Gasteiger partial charge is 0.236 e. The van der Waals surface area contributed by atoms with Gasteiger partial charge in [0.1, 0.15) is 0 Å². The van der Waals surface area contributed by atoms with Crippen molar-refractivity contribution in [3.05, 3.63) is 42.2 Å². The number of hydrogen-bond donors (Lipinski definition) is 0. The number of benzene rings is 1. The van der Waals surface area contributed by atoms with Crippen LogP contribution in [0.3, 0.4) is 0 Å². The van der Waals surface area contributed by atoms with Crippen LogP contribution in [-0.4, -0.2) is 15.7 Å². The molecule has 130 valence electrons. The molecule has 0 N–H and O–H groups in total. The van der Waals surface area contributed by atoms with Gasteiger partial charge in [-0.15, -0.1) is 11.8 Å². The highest BCUT2D eigenvalue weighted by Gasteiger charge is 2.02. The maximum absolute atomic E-state index is 4.49. The van der Waals surface area contributed by atoms with Crippen LogP contribution in [0.4, 0.5) is 0 Å². The molecule has 0 saturated carbocycles. The van der Waals surface area contributed by atoms with Crippen LogP contribution in [0, 0.1) is 0 Å². The second kappa shape index (κ2) is 11.2. The van der Waals surface area contributed by atoms with E-state index >= 15 is 0 Å². The van der Waals surface area contributed by atoms with Gasteiger partial charge in [0, 0.05) is 22.9 Å². The minimum atomic E-state index is 0.822. The third-order valence-corrected chi connectivity index (χ3v) is 5.22. The summed E-state index contributed by atoms with van der Waals surface area (Å²) in [6, 6.07) is 8.66. The summed E-state index contributed by atoms with van der Waals surface area (Å²) < 4.78 is 0. The monoisotopic (exact) mass is 342 g/mol. The quantitative estimate of drug-likeness (QED) is 0.342. The van der Waals surface area contributed by atoms with Crippen molar-refractivity contribution in [2.45, 2.75) is 70.1 Å². The average molecular weight is 343 g/mol. The summed E-state index contributed by atoms with van der Waals surface area (Å²) in [7, 11) is 0. The van der Waals surface area contributed by atoms with Crippen molar-refractivity contribution in [2.24, 2.45) is 0 Å². The summed E-state index contributed by atoms with van der Waals surface area (Å²) in [5.41, 5.74) is 2.31. The second-order valence-corrected chi connectivity index (χ2v) is 7.47. The van der Waals surface area contributed by atoms with Crippen LogP contribution in [-0.2, 0) is 6.42 Å². The fourth-order valence-corrected chi connectivity index (χ4v) is 3.61. The highest BCUT2D eigenvalue weighted by molar-refractivity contribution is 7.99. The van der Waals surface area contributed by atoms with Crippen molar-refractivity contribution in [1.82, 2.24) is 9.97 Å². The Morgan fingerprint density at radius 3 is 2.12 bits per heavy atom. The van der Waals surface area contributed by atoms with E-state index in [1.54, 1.807) is 0 Å². The van der Waals surface area contributed by atoms with Gasteiger partial charge in [-0.3, -0.25) is 0 Å². The summed E-state index contributed by atoms with van der Waals surface area (Å²) in [6.45, 7) is 4.44. The lowest BCUT2D eigenvalue weighted by molar-refractivity contribution is 0.627. The van der Waals surface area contributed by atoms with Crippen LogP contribution in [0.25, 0.3) is 11.4 Å². The molecule has 2 rings (SSSR count). The molecule has 1 heterocycles. The van der Waals surface area contributed by atoms with Gasteiger partial charge >= 0.3 is 0 Å². The Hall–Kier alpha value is -1.35. The molecule has 2 aromatic rings. The Balaban J connectivity index is 1.76. The van der Waals surface area contributed by atoms with Gasteiger partial charge in [-0.2, -0.15) is 0 Å². The topological polar surface area (TPSA) is 25.8 Å². The van der Waals surface area contributed by atoms with Crippen LogP contribution in [0.1, 0.15) is 64.4 Å². The molecule has 0 amide bonds. The van der Waals surface area contributed by atoms with Crippen LogP contribution >= 0.6 is 11.8 Å². The van der Waals surface area contributed by atoms with Gasteiger partial charge in [-0.1, -0.05) is 64.5 Å². The zero-order valence-corrected chi connectivity index (χ0v) is 15.9. The first-order chi connectivity index (χ1) is 11.8. The molecule has 0 aliphatic heterocycles. The number of aryl methyl sites for hydroxylation is 1. The van der Waals surface area contributed by atoms with E-state index in [1.165, 1.54) is 54.7 Å². The Morgan fingerprint density at radius 2 is 1.46 bits per heavy atom. The number of thioether (sulfide) groups is 1. The van der Waals surface area contributed by atoms with Crippen LogP contribution in [0.2, 0.25) is 0 Å². The molecule has 1 aromatic heterocycles. The van der Waals surface area contributed by atoms with Gasteiger partial charge in [-0.25, -0.2) is 9.97 Å². The van der Waals surface area contributed by atoms with Gasteiger partial charge in [-0.05, 0) is 36.3 Å². The first-order valence-electron chi connectivity index (χ1n) is 9.37. The molecule has 0 saturated heterocycles. The SMILES string of the molecule is CCCCCCCCSc1ccc(-c2ncc(CCC)cn2)cc1. The van der Waals surface area contributed by atoms with E-state index in [1.807, 2.05) is 24.2 Å². The van der Waals surface area contributed by atoms with E-state index in [4.69, 9.17) is 0 Å². The first-order valence-corrected chi connectivity index (χ1v) is 10.4. The predicted octanol–water partition coefficient (Wildman–Crippen LogP) is 6.55. The third kappa shape index (κ3) is 6.64. The minimum Gasteiger partial charge on any atom is -0.236 e. The van der Waals surface area contributed by atoms with Crippen molar-refractivity contribution in [2.75, 3.05) is 5.75 Å². The zero-order valence-electron chi connectivity index (χ0n) is 15.1. The highest BCUT2D eigenvalue weighted by atomic mass is 32.2. The normalized spacial score (nSPS) is 10.9. The van der Waals surface area contributed by atoms with E-state index in [0.29, 0.717) is 0 Å². The fraction of sp³-hybridized carbons (Fsp3) is 0.524. The molecular weight excluding hydrogens is 312 g/mol. The smallest absolute Gasteiger partial charge is 0.159 e. The first kappa shape index (κ1) is 19.0. The number of rotatable bonds is 11. The highest BCUT2D eigenvalue weighted by Crippen LogP contribution is 2.23. The number of hydrogen-bond acceptors (Lipinski definition) is 3. The molecule has 0 bridgehead atoms. The summed E-state index contributed by atoms with van der Waals surface area (Å²) >= 11 is 1.96. The molecule has 0 unspecified atom stereocenters. The van der Waals surface area contributed by atoms with Gasteiger partial charge < -0.3 is 0 Å². The maximum atomic E-state index is 4.49. The molecular formula is C21H30N2S. The number of aromatic nitrogens is 2. The molecule has 0 spiro atoms. The zero-order chi connectivity index (χ0) is 17.0. The van der Waals surface area contributed by atoms with E-state index in [9.17, 15) is 0 Å². The fourth-order valence-electron chi connectivity index (χ4n) is 2.69. The van der Waals surface area contributed by atoms with Crippen molar-refractivity contribution >= 4 is 11.8 Å². The maximum Gasteiger partial charge on any atom is 0.159 e. The molecule has 24 heavy (non-hydrogen) atoms. The van der Waals surface area contributed by atoms with Crippen molar-refractivity contribution in [3.8, 4) is 11.4 Å². The molecule has 1 aromatic carbocycles. The lowest BCUT2D eigenvalue weighted by Crippen LogP contribution is -1.92. The third-order valence-electron chi connectivity index (χ3n) is 4.12. The molecule has 0 atom stereocenters. The van der Waals surface area contributed by atoms with E-state index in [2.05, 4.69) is 48.1 Å². The molecule has 0 aliphatic carbocycles. The summed E-state index contributed by atoms with van der Waals surface area (Å²) in [6.07, 6.45) is 14.3. The molecule has 0 fully saturated rings. The number of nitrogens with zero attached hydrogens (tertiary/aromatic N) is 2. The van der Waals surface area contributed by atoms with Crippen molar-refractivity contribution < 1.29 is 0 Å². The van der Waals surface area contributed by atoms with Gasteiger partial charge in [0.25, 0.3) is 0 Å². The Kier molecular flexibility index (Phi) is 8.90. The van der Waals surface area contributed by atoms with E-state index in [0.717, 1.165) is 24.2 Å². The number of unbranched alkanes of at least 4 members (excludes halogenated alkanes) is 5. The Labute approximate surface area is 151 Å². The summed E-state index contributed by atoms with van der Waals surface area (Å²) in [5.74, 6) is 2.04.